The lowest BCUT2D eigenvalue weighted by Crippen LogP contribution is -2.28. The van der Waals surface area contributed by atoms with Crippen molar-refractivity contribution in [3.05, 3.63) is 131 Å². The summed E-state index contributed by atoms with van der Waals surface area (Å²) >= 11 is 0. The molecule has 8 heteroatoms. The maximum atomic E-state index is 9.08. The fourth-order valence-electron chi connectivity index (χ4n) is 4.56. The van der Waals surface area contributed by atoms with Gasteiger partial charge in [-0.2, -0.15) is 5.26 Å². The number of benzene rings is 3. The fourth-order valence-corrected chi connectivity index (χ4v) is 4.56. The van der Waals surface area contributed by atoms with Crippen LogP contribution in [0.1, 0.15) is 46.2 Å². The first-order valence-corrected chi connectivity index (χ1v) is 12.3. The zero-order valence-corrected chi connectivity index (χ0v) is 20.5. The maximum absolute atomic E-state index is 9.08. The third-order valence-corrected chi connectivity index (χ3v) is 6.48. The highest BCUT2D eigenvalue weighted by Gasteiger charge is 2.19. The Hall–Kier alpha value is -4.61. The van der Waals surface area contributed by atoms with E-state index in [-0.39, 0.29) is 5.92 Å². The van der Waals surface area contributed by atoms with Gasteiger partial charge in [0.2, 0.25) is 0 Å². The van der Waals surface area contributed by atoms with Gasteiger partial charge in [-0.05, 0) is 35.2 Å². The van der Waals surface area contributed by atoms with Crippen LogP contribution in [0.3, 0.4) is 0 Å². The molecule has 0 saturated carbocycles. The van der Waals surface area contributed by atoms with E-state index in [4.69, 9.17) is 5.26 Å². The van der Waals surface area contributed by atoms with Gasteiger partial charge in [0.25, 0.3) is 0 Å². The molecule has 37 heavy (non-hydrogen) atoms. The lowest BCUT2D eigenvalue weighted by atomic mass is 9.88. The van der Waals surface area contributed by atoms with Crippen molar-refractivity contribution in [3.8, 4) is 6.07 Å². The highest BCUT2D eigenvalue weighted by Crippen LogP contribution is 2.28. The minimum Gasteiger partial charge on any atom is -0.330 e. The highest BCUT2D eigenvalue weighted by atomic mass is 15.3. The zero-order chi connectivity index (χ0) is 25.3. The summed E-state index contributed by atoms with van der Waals surface area (Å²) in [6.07, 6.45) is 4.31. The molecule has 0 amide bonds. The quantitative estimate of drug-likeness (QED) is 0.293. The Balaban J connectivity index is 1.35. The van der Waals surface area contributed by atoms with Gasteiger partial charge in [-0.1, -0.05) is 72.8 Å². The first kappa shape index (κ1) is 24.1. The highest BCUT2D eigenvalue weighted by molar-refractivity contribution is 5.33. The van der Waals surface area contributed by atoms with Crippen molar-refractivity contribution in [2.24, 2.45) is 0 Å². The van der Waals surface area contributed by atoms with Crippen LogP contribution >= 0.6 is 0 Å². The molecule has 0 bridgehead atoms. The first-order valence-electron chi connectivity index (χ1n) is 12.3. The molecule has 3 aromatic carbocycles. The smallest absolute Gasteiger partial charge is 0.147 e. The second-order valence-electron chi connectivity index (χ2n) is 8.99. The Labute approximate surface area is 216 Å². The van der Waals surface area contributed by atoms with Crippen molar-refractivity contribution < 1.29 is 0 Å². The Kier molecular flexibility index (Phi) is 7.74. The molecule has 0 atom stereocenters. The summed E-state index contributed by atoms with van der Waals surface area (Å²) in [5.74, 6) is 1.96. The third kappa shape index (κ3) is 6.34. The molecule has 5 rings (SSSR count). The number of aromatic amines is 1. The maximum Gasteiger partial charge on any atom is 0.147 e. The number of H-pyrrole nitrogens is 1. The standard InChI is InChI=1S/C29H28N8/c30-17-23-11-13-24(14-12-23)18-37-22-33-35-29(37)20-36(19-28-31-21-32-34-28)16-15-27(25-7-3-1-4-8-25)26-9-5-2-6-10-26/h1-14,21-22,27H,15-16,18-20H2,(H,31,32,34). The summed E-state index contributed by atoms with van der Waals surface area (Å²) in [5.41, 5.74) is 4.35. The van der Waals surface area contributed by atoms with Gasteiger partial charge in [0.15, 0.2) is 0 Å². The molecule has 0 fully saturated rings. The molecular weight excluding hydrogens is 460 g/mol. The minimum absolute atomic E-state index is 0.274. The van der Waals surface area contributed by atoms with Crippen LogP contribution in [0, 0.1) is 11.3 Å². The largest absolute Gasteiger partial charge is 0.330 e. The van der Waals surface area contributed by atoms with E-state index < -0.39 is 0 Å². The van der Waals surface area contributed by atoms with Crippen molar-refractivity contribution in [3.63, 3.8) is 0 Å². The average molecular weight is 489 g/mol. The monoisotopic (exact) mass is 488 g/mol. The number of hydrogen-bond donors (Lipinski definition) is 1. The van der Waals surface area contributed by atoms with E-state index in [2.05, 4.69) is 102 Å². The Morgan fingerprint density at radius 3 is 2.16 bits per heavy atom. The SMILES string of the molecule is N#Cc1ccc(Cn2cnnc2CN(CCC(c2ccccc2)c2ccccc2)Cc2nnc[nH]2)cc1. The van der Waals surface area contributed by atoms with Gasteiger partial charge in [-0.25, -0.2) is 0 Å². The summed E-state index contributed by atoms with van der Waals surface area (Å²) in [5, 5.41) is 25.9. The molecule has 0 saturated heterocycles. The van der Waals surface area contributed by atoms with E-state index in [9.17, 15) is 0 Å². The summed E-state index contributed by atoms with van der Waals surface area (Å²) < 4.78 is 2.06. The van der Waals surface area contributed by atoms with Crippen molar-refractivity contribution in [1.29, 1.82) is 5.26 Å². The van der Waals surface area contributed by atoms with Crippen LogP contribution in [-0.2, 0) is 19.6 Å². The van der Waals surface area contributed by atoms with Crippen LogP contribution < -0.4 is 0 Å². The minimum atomic E-state index is 0.274. The molecule has 0 unspecified atom stereocenters. The van der Waals surface area contributed by atoms with Crippen LogP contribution in [0.5, 0.6) is 0 Å². The second-order valence-corrected chi connectivity index (χ2v) is 8.99. The molecule has 2 aromatic heterocycles. The van der Waals surface area contributed by atoms with E-state index >= 15 is 0 Å². The van der Waals surface area contributed by atoms with Crippen molar-refractivity contribution in [1.82, 2.24) is 34.8 Å². The Morgan fingerprint density at radius 1 is 0.838 bits per heavy atom. The van der Waals surface area contributed by atoms with E-state index in [0.717, 1.165) is 30.2 Å². The van der Waals surface area contributed by atoms with Gasteiger partial charge in [0, 0.05) is 12.5 Å². The third-order valence-electron chi connectivity index (χ3n) is 6.48. The van der Waals surface area contributed by atoms with Crippen molar-refractivity contribution >= 4 is 0 Å². The van der Waals surface area contributed by atoms with Gasteiger partial charge in [-0.3, -0.25) is 4.90 Å². The van der Waals surface area contributed by atoms with Gasteiger partial charge < -0.3 is 9.55 Å². The molecule has 0 spiro atoms. The molecule has 184 valence electrons. The molecule has 1 N–H and O–H groups in total. The second kappa shape index (κ2) is 11.9. The van der Waals surface area contributed by atoms with Crippen molar-refractivity contribution in [2.45, 2.75) is 32.0 Å². The molecule has 5 aromatic rings. The van der Waals surface area contributed by atoms with E-state index in [1.807, 2.05) is 24.3 Å². The average Bonchev–Trinajstić information content (AvgIpc) is 3.63. The number of aromatic nitrogens is 6. The number of nitriles is 1. The normalized spacial score (nSPS) is 11.2. The molecule has 8 nitrogen and oxygen atoms in total. The summed E-state index contributed by atoms with van der Waals surface area (Å²) in [7, 11) is 0. The molecular formula is C29H28N8. The van der Waals surface area contributed by atoms with Gasteiger partial charge in [-0.15, -0.1) is 20.4 Å². The number of hydrogen-bond acceptors (Lipinski definition) is 6. The van der Waals surface area contributed by atoms with Gasteiger partial charge in [0.1, 0.15) is 24.3 Å². The number of rotatable bonds is 11. The summed E-state index contributed by atoms with van der Waals surface area (Å²) in [6, 6.07) is 31.1. The van der Waals surface area contributed by atoms with Crippen LogP contribution in [0.15, 0.2) is 97.6 Å². The molecule has 2 heterocycles. The van der Waals surface area contributed by atoms with Crippen molar-refractivity contribution in [2.75, 3.05) is 6.54 Å². The van der Waals surface area contributed by atoms with Gasteiger partial charge >= 0.3 is 0 Å². The van der Waals surface area contributed by atoms with Crippen LogP contribution in [0.4, 0.5) is 0 Å². The first-order chi connectivity index (χ1) is 18.3. The van der Waals surface area contributed by atoms with Gasteiger partial charge in [0.05, 0.1) is 31.3 Å². The summed E-state index contributed by atoms with van der Waals surface area (Å²) in [4.78, 5) is 5.46. The summed E-state index contributed by atoms with van der Waals surface area (Å²) in [6.45, 7) is 2.72. The zero-order valence-electron chi connectivity index (χ0n) is 20.5. The van der Waals surface area contributed by atoms with Crippen LogP contribution in [0.25, 0.3) is 0 Å². The predicted molar refractivity (Wildman–Crippen MR) is 140 cm³/mol. The Bertz CT molecular complexity index is 1370. The lowest BCUT2D eigenvalue weighted by Gasteiger charge is -2.25. The van der Waals surface area contributed by atoms with E-state index in [1.54, 1.807) is 12.7 Å². The van der Waals surface area contributed by atoms with E-state index in [1.165, 1.54) is 11.1 Å². The fraction of sp³-hybridized carbons (Fsp3) is 0.207. The topological polar surface area (TPSA) is 99.3 Å². The predicted octanol–water partition coefficient (Wildman–Crippen LogP) is 4.54. The van der Waals surface area contributed by atoms with Crippen LogP contribution in [0.2, 0.25) is 0 Å². The van der Waals surface area contributed by atoms with Crippen LogP contribution in [-0.4, -0.2) is 41.4 Å². The van der Waals surface area contributed by atoms with E-state index in [0.29, 0.717) is 25.2 Å². The number of nitrogens with one attached hydrogen (secondary N) is 1. The Morgan fingerprint density at radius 2 is 1.54 bits per heavy atom. The molecule has 0 radical (unpaired) electrons. The lowest BCUT2D eigenvalue weighted by molar-refractivity contribution is 0.234. The molecule has 0 aliphatic rings. The molecule has 0 aliphatic carbocycles. The number of nitrogens with zero attached hydrogens (tertiary/aromatic N) is 7. The molecule has 0 aliphatic heterocycles.